The summed E-state index contributed by atoms with van der Waals surface area (Å²) in [5, 5.41) is 3.05. The van der Waals surface area contributed by atoms with Crippen molar-refractivity contribution in [3.05, 3.63) is 53.4 Å². The van der Waals surface area contributed by atoms with E-state index in [2.05, 4.69) is 10.3 Å². The van der Waals surface area contributed by atoms with Crippen LogP contribution in [0.2, 0.25) is 5.02 Å². The largest absolute Gasteiger partial charge is 0.478 e. The summed E-state index contributed by atoms with van der Waals surface area (Å²) in [7, 11) is -4.21. The zero-order valence-corrected chi connectivity index (χ0v) is 16.6. The van der Waals surface area contributed by atoms with Crippen molar-refractivity contribution in [3.8, 4) is 5.75 Å². The van der Waals surface area contributed by atoms with Gasteiger partial charge in [-0.25, -0.2) is 18.1 Å². The molecule has 0 radical (unpaired) electrons. The second-order valence-corrected chi connectivity index (χ2v) is 8.45. The van der Waals surface area contributed by atoms with Crippen LogP contribution in [0.25, 0.3) is 5.65 Å². The maximum Gasteiger partial charge on any atom is 0.285 e. The van der Waals surface area contributed by atoms with Gasteiger partial charge in [-0.1, -0.05) is 18.5 Å². The van der Waals surface area contributed by atoms with Crippen LogP contribution in [0.15, 0.2) is 47.6 Å². The number of fused-ring (bicyclic) bond motifs is 2. The van der Waals surface area contributed by atoms with Gasteiger partial charge in [-0.2, -0.15) is 0 Å². The van der Waals surface area contributed by atoms with Crippen LogP contribution in [0, 0.1) is 0 Å². The fraction of sp³-hybridized carbons (Fsp3) is 0.167. The first kappa shape index (κ1) is 19.2. The Morgan fingerprint density at radius 2 is 2.10 bits per heavy atom. The van der Waals surface area contributed by atoms with Crippen molar-refractivity contribution in [3.63, 3.8) is 0 Å². The number of hydrogen-bond donors (Lipinski definition) is 2. The summed E-state index contributed by atoms with van der Waals surface area (Å²) in [4.78, 5) is 28.2. The number of aromatic nitrogens is 2. The third-order valence-corrected chi connectivity index (χ3v) is 5.88. The Morgan fingerprint density at radius 3 is 2.86 bits per heavy atom. The molecule has 0 aliphatic carbocycles. The normalized spacial score (nSPS) is 16.1. The lowest BCUT2D eigenvalue weighted by molar-refractivity contribution is -0.123. The highest BCUT2D eigenvalue weighted by molar-refractivity contribution is 7.90. The molecular weight excluding hydrogens is 420 g/mol. The molecule has 0 spiro atoms. The first-order valence-electron chi connectivity index (χ1n) is 8.60. The molecule has 29 heavy (non-hydrogen) atoms. The first-order chi connectivity index (χ1) is 13.8. The van der Waals surface area contributed by atoms with E-state index in [1.54, 1.807) is 25.3 Å². The van der Waals surface area contributed by atoms with Gasteiger partial charge in [0.1, 0.15) is 17.1 Å². The lowest BCUT2D eigenvalue weighted by Gasteiger charge is -2.25. The van der Waals surface area contributed by atoms with Crippen LogP contribution >= 0.6 is 11.6 Å². The second-order valence-electron chi connectivity index (χ2n) is 6.34. The average Bonchev–Trinajstić information content (AvgIpc) is 3.10. The molecule has 1 aliphatic heterocycles. The Balaban J connectivity index is 1.59. The Hall–Kier alpha value is -3.11. The van der Waals surface area contributed by atoms with Crippen LogP contribution in [-0.4, -0.2) is 35.7 Å². The maximum atomic E-state index is 12.6. The fourth-order valence-electron chi connectivity index (χ4n) is 2.87. The molecule has 11 heteroatoms. The number of halogens is 1. The third-order valence-electron chi connectivity index (χ3n) is 4.33. The van der Waals surface area contributed by atoms with Crippen molar-refractivity contribution in [1.29, 1.82) is 0 Å². The number of amides is 2. The van der Waals surface area contributed by atoms with E-state index in [1.165, 1.54) is 28.8 Å². The highest BCUT2D eigenvalue weighted by atomic mass is 35.5. The standard InChI is InChI=1S/C18H15ClN4O5S/c1-2-14-18(25)21-12-7-11(4-5-15(12)28-14)29(26,27)22-17(24)13-9-23-8-10(19)3-6-16(23)20-13/h3-9,14H,2H2,1H3,(H,21,25)(H,22,24)/t14-/m0/s1. The van der Waals surface area contributed by atoms with Gasteiger partial charge in [-0.3, -0.25) is 9.59 Å². The zero-order valence-electron chi connectivity index (χ0n) is 15.0. The molecule has 1 atom stereocenters. The third kappa shape index (κ3) is 3.64. The smallest absolute Gasteiger partial charge is 0.285 e. The topological polar surface area (TPSA) is 119 Å². The Labute approximate surface area is 170 Å². The van der Waals surface area contributed by atoms with Crippen molar-refractivity contribution in [2.45, 2.75) is 24.3 Å². The molecule has 0 fully saturated rings. The lowest BCUT2D eigenvalue weighted by Crippen LogP contribution is -2.36. The van der Waals surface area contributed by atoms with Crippen molar-refractivity contribution in [1.82, 2.24) is 14.1 Å². The predicted octanol–water partition coefficient (Wildman–Crippen LogP) is 2.22. The number of rotatable bonds is 4. The van der Waals surface area contributed by atoms with E-state index in [9.17, 15) is 18.0 Å². The molecule has 2 amide bonds. The van der Waals surface area contributed by atoms with E-state index >= 15 is 0 Å². The van der Waals surface area contributed by atoms with E-state index in [1.807, 2.05) is 4.72 Å². The Morgan fingerprint density at radius 1 is 1.31 bits per heavy atom. The zero-order chi connectivity index (χ0) is 20.8. The van der Waals surface area contributed by atoms with E-state index < -0.39 is 22.0 Å². The van der Waals surface area contributed by atoms with Gasteiger partial charge in [0.05, 0.1) is 15.6 Å². The number of sulfonamides is 1. The van der Waals surface area contributed by atoms with Gasteiger partial charge in [0.2, 0.25) is 0 Å². The highest BCUT2D eigenvalue weighted by Gasteiger charge is 2.28. The van der Waals surface area contributed by atoms with Gasteiger partial charge in [-0.05, 0) is 36.8 Å². The summed E-state index contributed by atoms with van der Waals surface area (Å²) >= 11 is 5.90. The van der Waals surface area contributed by atoms with Gasteiger partial charge >= 0.3 is 0 Å². The number of nitrogens with zero attached hydrogens (tertiary/aromatic N) is 2. The first-order valence-corrected chi connectivity index (χ1v) is 10.5. The number of nitrogens with one attached hydrogen (secondary N) is 2. The van der Waals surface area contributed by atoms with E-state index in [0.717, 1.165) is 0 Å². The van der Waals surface area contributed by atoms with Crippen LogP contribution in [0.1, 0.15) is 23.8 Å². The lowest BCUT2D eigenvalue weighted by atomic mass is 10.2. The molecule has 150 valence electrons. The molecular formula is C18H15ClN4O5S. The van der Waals surface area contributed by atoms with Crippen LogP contribution in [0.3, 0.4) is 0 Å². The minimum Gasteiger partial charge on any atom is -0.478 e. The van der Waals surface area contributed by atoms with Crippen molar-refractivity contribution in [2.75, 3.05) is 5.32 Å². The number of pyridine rings is 1. The summed E-state index contributed by atoms with van der Waals surface area (Å²) in [5.41, 5.74) is 0.574. The average molecular weight is 435 g/mol. The van der Waals surface area contributed by atoms with Gasteiger partial charge in [0.15, 0.2) is 6.10 Å². The number of imidazole rings is 1. The molecule has 1 aromatic carbocycles. The molecule has 0 saturated carbocycles. The van der Waals surface area contributed by atoms with E-state index in [0.29, 0.717) is 22.8 Å². The molecule has 2 aromatic heterocycles. The predicted molar refractivity (Wildman–Crippen MR) is 105 cm³/mol. The van der Waals surface area contributed by atoms with Crippen LogP contribution < -0.4 is 14.8 Å². The molecule has 0 bridgehead atoms. The van der Waals surface area contributed by atoms with E-state index in [-0.39, 0.29) is 22.2 Å². The molecule has 4 rings (SSSR count). The Kier molecular flexibility index (Phi) is 4.67. The second kappa shape index (κ2) is 7.05. The van der Waals surface area contributed by atoms with Crippen LogP contribution in [0.5, 0.6) is 5.75 Å². The molecule has 3 heterocycles. The van der Waals surface area contributed by atoms with Gasteiger partial charge in [-0.15, -0.1) is 0 Å². The quantitative estimate of drug-likeness (QED) is 0.649. The van der Waals surface area contributed by atoms with Gasteiger partial charge < -0.3 is 14.5 Å². The minimum atomic E-state index is -4.21. The maximum absolute atomic E-state index is 12.6. The summed E-state index contributed by atoms with van der Waals surface area (Å²) in [6, 6.07) is 7.17. The molecule has 0 saturated heterocycles. The molecule has 9 nitrogen and oxygen atoms in total. The fourth-order valence-corrected chi connectivity index (χ4v) is 4.03. The number of ether oxygens (including phenoxy) is 1. The van der Waals surface area contributed by atoms with Crippen molar-refractivity contribution >= 4 is 44.8 Å². The van der Waals surface area contributed by atoms with Crippen molar-refractivity contribution < 1.29 is 22.7 Å². The van der Waals surface area contributed by atoms with Crippen molar-refractivity contribution in [2.24, 2.45) is 0 Å². The number of hydrogen-bond acceptors (Lipinski definition) is 6. The van der Waals surface area contributed by atoms with Gasteiger partial charge in [0, 0.05) is 12.4 Å². The van der Waals surface area contributed by atoms with Crippen LogP contribution in [-0.2, 0) is 14.8 Å². The highest BCUT2D eigenvalue weighted by Crippen LogP contribution is 2.32. The number of anilines is 1. The molecule has 3 aromatic rings. The molecule has 2 N–H and O–H groups in total. The molecule has 0 unspecified atom stereocenters. The monoisotopic (exact) mass is 434 g/mol. The number of carbonyl (C=O) groups is 2. The summed E-state index contributed by atoms with van der Waals surface area (Å²) < 4.78 is 34.3. The summed E-state index contributed by atoms with van der Waals surface area (Å²) in [6.07, 6.45) is 2.77. The molecule has 1 aliphatic rings. The summed E-state index contributed by atoms with van der Waals surface area (Å²) in [5.74, 6) is -0.894. The number of benzene rings is 1. The summed E-state index contributed by atoms with van der Waals surface area (Å²) in [6.45, 7) is 1.80. The Bertz CT molecular complexity index is 1250. The van der Waals surface area contributed by atoms with Crippen LogP contribution in [0.4, 0.5) is 5.69 Å². The van der Waals surface area contributed by atoms with E-state index in [4.69, 9.17) is 16.3 Å². The minimum absolute atomic E-state index is 0.0868. The number of carbonyl (C=O) groups excluding carboxylic acids is 2. The SMILES string of the molecule is CC[C@@H]1Oc2ccc(S(=O)(=O)NC(=O)c3cn4cc(Cl)ccc4n3)cc2NC1=O. The van der Waals surface area contributed by atoms with Gasteiger partial charge in [0.25, 0.3) is 21.8 Å².